The molecule has 2 aliphatic rings. The van der Waals surface area contributed by atoms with Crippen LogP contribution in [0, 0.1) is 17.8 Å². The number of rotatable bonds is 5. The largest absolute Gasteiger partial charge is 0.460 e. The fourth-order valence-corrected chi connectivity index (χ4v) is 3.68. The van der Waals surface area contributed by atoms with E-state index < -0.39 is 11.9 Å². The highest BCUT2D eigenvalue weighted by molar-refractivity contribution is 5.91. The summed E-state index contributed by atoms with van der Waals surface area (Å²) in [5, 5.41) is 0. The Kier molecular flexibility index (Phi) is 5.69. The van der Waals surface area contributed by atoms with E-state index in [1.54, 1.807) is 18.2 Å². The smallest absolute Gasteiger partial charge is 0.344 e. The summed E-state index contributed by atoms with van der Waals surface area (Å²) in [6.07, 6.45) is 2.99. The second-order valence-electron chi connectivity index (χ2n) is 7.50. The van der Waals surface area contributed by atoms with Gasteiger partial charge in [0.15, 0.2) is 18.1 Å². The van der Waals surface area contributed by atoms with Crippen molar-refractivity contribution in [2.75, 3.05) is 13.4 Å². The van der Waals surface area contributed by atoms with Crippen molar-refractivity contribution in [1.82, 2.24) is 0 Å². The molecule has 0 saturated heterocycles. The molecule has 0 bridgehead atoms. The predicted octanol–water partition coefficient (Wildman–Crippen LogP) is 3.58. The van der Waals surface area contributed by atoms with Crippen LogP contribution >= 0.6 is 0 Å². The molecule has 26 heavy (non-hydrogen) atoms. The molecule has 142 valence electrons. The van der Waals surface area contributed by atoms with Gasteiger partial charge in [-0.05, 0) is 48.8 Å². The lowest BCUT2D eigenvalue weighted by atomic mass is 9.75. The molecule has 0 aromatic heterocycles. The predicted molar refractivity (Wildman–Crippen MR) is 94.1 cm³/mol. The first-order valence-electron chi connectivity index (χ1n) is 9.20. The zero-order valence-electron chi connectivity index (χ0n) is 15.5. The molecule has 0 radical (unpaired) electrons. The van der Waals surface area contributed by atoms with Gasteiger partial charge in [0.05, 0.1) is 5.56 Å². The molecular formula is C20H26O6. The molecule has 0 N–H and O–H groups in total. The molecule has 6 nitrogen and oxygen atoms in total. The van der Waals surface area contributed by atoms with E-state index in [2.05, 4.69) is 20.8 Å². The van der Waals surface area contributed by atoms with E-state index >= 15 is 0 Å². The Morgan fingerprint density at radius 1 is 1.19 bits per heavy atom. The van der Waals surface area contributed by atoms with E-state index in [4.69, 9.17) is 18.9 Å². The minimum atomic E-state index is -0.585. The normalized spacial score (nSPS) is 24.4. The SMILES string of the molecule is CC(C)[C@H]1CC[C@@H](C)C[C@@H]1OC(=O)COC(=O)c1ccc2c(c1)OCO2. The number of carbonyl (C=O) groups excluding carboxylic acids is 2. The second kappa shape index (κ2) is 7.98. The number of benzene rings is 1. The zero-order chi connectivity index (χ0) is 18.7. The van der Waals surface area contributed by atoms with Crippen LogP contribution in [0.3, 0.4) is 0 Å². The number of ether oxygens (including phenoxy) is 4. The zero-order valence-corrected chi connectivity index (χ0v) is 15.5. The first-order valence-corrected chi connectivity index (χ1v) is 9.20. The minimum absolute atomic E-state index is 0.101. The van der Waals surface area contributed by atoms with Gasteiger partial charge in [-0.15, -0.1) is 0 Å². The highest BCUT2D eigenvalue weighted by atomic mass is 16.7. The van der Waals surface area contributed by atoms with Gasteiger partial charge in [0.1, 0.15) is 6.10 Å². The van der Waals surface area contributed by atoms with Crippen molar-refractivity contribution in [1.29, 1.82) is 0 Å². The molecule has 1 aliphatic heterocycles. The average Bonchev–Trinajstić information content (AvgIpc) is 3.07. The molecule has 1 fully saturated rings. The first-order chi connectivity index (χ1) is 12.4. The van der Waals surface area contributed by atoms with Crippen LogP contribution in [0.2, 0.25) is 0 Å². The molecule has 0 amide bonds. The molecule has 1 heterocycles. The second-order valence-corrected chi connectivity index (χ2v) is 7.50. The molecule has 3 rings (SSSR count). The van der Waals surface area contributed by atoms with Crippen LogP contribution in [0.1, 0.15) is 50.4 Å². The number of hydrogen-bond donors (Lipinski definition) is 0. The summed E-state index contributed by atoms with van der Waals surface area (Å²) in [5.41, 5.74) is 0.313. The summed E-state index contributed by atoms with van der Waals surface area (Å²) >= 11 is 0. The molecule has 1 aromatic carbocycles. The molecular weight excluding hydrogens is 336 g/mol. The van der Waals surface area contributed by atoms with Gasteiger partial charge in [-0.25, -0.2) is 9.59 Å². The third-order valence-electron chi connectivity index (χ3n) is 5.17. The van der Waals surface area contributed by atoms with Gasteiger partial charge in [-0.3, -0.25) is 0 Å². The van der Waals surface area contributed by atoms with Crippen LogP contribution in [0.5, 0.6) is 11.5 Å². The quantitative estimate of drug-likeness (QED) is 0.746. The number of carbonyl (C=O) groups is 2. The topological polar surface area (TPSA) is 71.1 Å². The fraction of sp³-hybridized carbons (Fsp3) is 0.600. The molecule has 6 heteroatoms. The molecule has 3 atom stereocenters. The van der Waals surface area contributed by atoms with Gasteiger partial charge in [-0.2, -0.15) is 0 Å². The standard InChI is InChI=1S/C20H26O6/c1-12(2)15-6-4-13(3)8-17(15)26-19(21)10-23-20(22)14-5-7-16-18(9-14)25-11-24-16/h5,7,9,12-13,15,17H,4,6,8,10-11H2,1-3H3/t13-,15-,17+/m1/s1. The van der Waals surface area contributed by atoms with Gasteiger partial charge < -0.3 is 18.9 Å². The van der Waals surface area contributed by atoms with E-state index in [1.165, 1.54) is 0 Å². The summed E-state index contributed by atoms with van der Waals surface area (Å²) < 4.78 is 21.2. The van der Waals surface area contributed by atoms with Gasteiger partial charge in [0, 0.05) is 0 Å². The Morgan fingerprint density at radius 2 is 1.96 bits per heavy atom. The van der Waals surface area contributed by atoms with Crippen molar-refractivity contribution in [3.8, 4) is 11.5 Å². The first kappa shape index (κ1) is 18.5. The molecule has 1 aliphatic carbocycles. The van der Waals surface area contributed by atoms with E-state index in [9.17, 15) is 9.59 Å². The number of esters is 2. The van der Waals surface area contributed by atoms with Crippen molar-refractivity contribution in [2.24, 2.45) is 17.8 Å². The van der Waals surface area contributed by atoms with Crippen LogP contribution in [-0.2, 0) is 14.3 Å². The van der Waals surface area contributed by atoms with E-state index in [0.717, 1.165) is 19.3 Å². The third kappa shape index (κ3) is 4.29. The maximum Gasteiger partial charge on any atom is 0.344 e. The van der Waals surface area contributed by atoms with Crippen molar-refractivity contribution in [3.05, 3.63) is 23.8 Å². The summed E-state index contributed by atoms with van der Waals surface area (Å²) in [5.74, 6) is 1.36. The summed E-state index contributed by atoms with van der Waals surface area (Å²) in [6, 6.07) is 4.78. The Hall–Kier alpha value is -2.24. The summed E-state index contributed by atoms with van der Waals surface area (Å²) in [4.78, 5) is 24.3. The number of hydrogen-bond acceptors (Lipinski definition) is 6. The summed E-state index contributed by atoms with van der Waals surface area (Å²) in [7, 11) is 0. The lowest BCUT2D eigenvalue weighted by Crippen LogP contribution is -2.36. The monoisotopic (exact) mass is 362 g/mol. The van der Waals surface area contributed by atoms with Crippen LogP contribution in [-0.4, -0.2) is 31.4 Å². The lowest BCUT2D eigenvalue weighted by Gasteiger charge is -2.36. The van der Waals surface area contributed by atoms with Crippen LogP contribution in [0.25, 0.3) is 0 Å². The van der Waals surface area contributed by atoms with Gasteiger partial charge in [-0.1, -0.05) is 27.2 Å². The Morgan fingerprint density at radius 3 is 2.73 bits per heavy atom. The maximum atomic E-state index is 12.2. The molecule has 1 aromatic rings. The van der Waals surface area contributed by atoms with Crippen molar-refractivity contribution in [3.63, 3.8) is 0 Å². The fourth-order valence-electron chi connectivity index (χ4n) is 3.68. The summed E-state index contributed by atoms with van der Waals surface area (Å²) in [6.45, 7) is 6.24. The van der Waals surface area contributed by atoms with Gasteiger partial charge >= 0.3 is 11.9 Å². The Labute approximate surface area is 153 Å². The molecule has 1 saturated carbocycles. The average molecular weight is 362 g/mol. The van der Waals surface area contributed by atoms with Crippen LogP contribution in [0.15, 0.2) is 18.2 Å². The van der Waals surface area contributed by atoms with Gasteiger partial charge in [0.25, 0.3) is 0 Å². The highest BCUT2D eigenvalue weighted by Crippen LogP contribution is 2.35. The van der Waals surface area contributed by atoms with E-state index in [-0.39, 0.29) is 19.5 Å². The van der Waals surface area contributed by atoms with Crippen LogP contribution < -0.4 is 9.47 Å². The molecule has 0 unspecified atom stereocenters. The maximum absolute atomic E-state index is 12.2. The van der Waals surface area contributed by atoms with Crippen LogP contribution in [0.4, 0.5) is 0 Å². The molecule has 0 spiro atoms. The van der Waals surface area contributed by atoms with Gasteiger partial charge in [0.2, 0.25) is 6.79 Å². The van der Waals surface area contributed by atoms with E-state index in [0.29, 0.717) is 34.8 Å². The van der Waals surface area contributed by atoms with Crippen molar-refractivity contribution >= 4 is 11.9 Å². The Balaban J connectivity index is 1.52. The van der Waals surface area contributed by atoms with Crippen molar-refractivity contribution in [2.45, 2.75) is 46.1 Å². The van der Waals surface area contributed by atoms with E-state index in [1.807, 2.05) is 0 Å². The minimum Gasteiger partial charge on any atom is -0.460 e. The lowest BCUT2D eigenvalue weighted by molar-refractivity contribution is -0.159. The third-order valence-corrected chi connectivity index (χ3v) is 5.17. The number of fused-ring (bicyclic) bond motifs is 1. The van der Waals surface area contributed by atoms with Crippen molar-refractivity contribution < 1.29 is 28.5 Å². The highest BCUT2D eigenvalue weighted by Gasteiger charge is 2.33. The Bertz CT molecular complexity index is 668.